The van der Waals surface area contributed by atoms with Crippen molar-refractivity contribution in [3.8, 4) is 0 Å². The average Bonchev–Trinajstić information content (AvgIpc) is 2.38. The highest BCUT2D eigenvalue weighted by atomic mass is 28.4. The predicted octanol–water partition coefficient (Wildman–Crippen LogP) is 9.32. The second kappa shape index (κ2) is 9.46. The zero-order valence-corrected chi connectivity index (χ0v) is 25.1. The Hall–Kier alpha value is 0.354. The molecule has 176 valence electrons. The molecule has 4 heteroatoms. The fraction of sp³-hybridized carbons (Fsp3) is 1.00. The van der Waals surface area contributed by atoms with Gasteiger partial charge in [0.05, 0.1) is 0 Å². The summed E-state index contributed by atoms with van der Waals surface area (Å²) in [5.74, 6) is 0. The summed E-state index contributed by atoms with van der Waals surface area (Å²) in [5, 5.41) is 0.786. The first kappa shape index (κ1) is 29.4. The molecule has 29 heavy (non-hydrogen) atoms. The van der Waals surface area contributed by atoms with E-state index in [9.17, 15) is 0 Å². The summed E-state index contributed by atoms with van der Waals surface area (Å²) in [4.78, 5) is 0. The van der Waals surface area contributed by atoms with Crippen LogP contribution in [0.4, 0.5) is 0 Å². The van der Waals surface area contributed by atoms with Crippen molar-refractivity contribution in [2.75, 3.05) is 0 Å². The Balaban J connectivity index is 6.12. The van der Waals surface area contributed by atoms with Crippen LogP contribution in [0.1, 0.15) is 117 Å². The van der Waals surface area contributed by atoms with Gasteiger partial charge in [0.15, 0.2) is 0 Å². The van der Waals surface area contributed by atoms with E-state index in [2.05, 4.69) is 111 Å². The summed E-state index contributed by atoms with van der Waals surface area (Å²) in [7, 11) is -4.11. The van der Waals surface area contributed by atoms with Crippen LogP contribution in [0.2, 0.25) is 32.2 Å². The van der Waals surface area contributed by atoms with Crippen molar-refractivity contribution in [2.45, 2.75) is 162 Å². The first-order chi connectivity index (χ1) is 12.5. The van der Waals surface area contributed by atoms with E-state index < -0.39 is 16.6 Å². The van der Waals surface area contributed by atoms with Crippen LogP contribution >= 0.6 is 0 Å². The summed E-state index contributed by atoms with van der Waals surface area (Å²) in [6.07, 6.45) is 1.76. The Morgan fingerprint density at radius 1 is 0.483 bits per heavy atom. The molecule has 0 N–H and O–H groups in total. The van der Waals surface area contributed by atoms with Crippen molar-refractivity contribution >= 4 is 16.6 Å². The van der Waals surface area contributed by atoms with E-state index in [-0.39, 0.29) is 32.4 Å². The summed E-state index contributed by atoms with van der Waals surface area (Å²) in [5.41, 5.74) is 0. The molecule has 0 saturated carbocycles. The Labute approximate surface area is 187 Å². The van der Waals surface area contributed by atoms with Crippen LogP contribution in [-0.4, -0.2) is 28.8 Å². The molecule has 0 aliphatic rings. The Bertz CT molecular complexity index is 423. The molecule has 0 saturated heterocycles. The molecule has 0 amide bonds. The van der Waals surface area contributed by atoms with E-state index in [4.69, 9.17) is 8.85 Å². The van der Waals surface area contributed by atoms with E-state index in [1.54, 1.807) is 0 Å². The fourth-order valence-corrected chi connectivity index (χ4v) is 18.4. The molecule has 0 bridgehead atoms. The monoisotopic (exact) mass is 444 g/mol. The lowest BCUT2D eigenvalue weighted by molar-refractivity contribution is 0.188. The van der Waals surface area contributed by atoms with Gasteiger partial charge in [0, 0.05) is 12.2 Å². The van der Waals surface area contributed by atoms with Crippen molar-refractivity contribution < 1.29 is 8.85 Å². The maximum atomic E-state index is 6.95. The molecule has 0 fully saturated rings. The summed E-state index contributed by atoms with van der Waals surface area (Å²) < 4.78 is 13.9. The van der Waals surface area contributed by atoms with E-state index in [0.717, 1.165) is 0 Å². The molecular weight excluding hydrogens is 388 g/mol. The molecule has 0 spiro atoms. The van der Waals surface area contributed by atoms with E-state index in [0.29, 0.717) is 0 Å². The zero-order valence-electron chi connectivity index (χ0n) is 23.1. The van der Waals surface area contributed by atoms with Gasteiger partial charge in [0.1, 0.15) is 0 Å². The fourth-order valence-electron chi connectivity index (χ4n) is 5.97. The third kappa shape index (κ3) is 6.67. The SMILES string of the molecule is CC(C)O[Si](CCC[Si](OC(C)C)(C(C)(C)C)C(C)(C)C)(C(C)(C)C)C(C)(C)C. The lowest BCUT2D eigenvalue weighted by Gasteiger charge is -2.54. The third-order valence-electron chi connectivity index (χ3n) is 6.78. The molecule has 0 aromatic rings. The van der Waals surface area contributed by atoms with Gasteiger partial charge in [-0.25, -0.2) is 0 Å². The van der Waals surface area contributed by atoms with Gasteiger partial charge in [0.2, 0.25) is 16.6 Å². The highest BCUT2D eigenvalue weighted by molar-refractivity contribution is 6.81. The van der Waals surface area contributed by atoms with E-state index >= 15 is 0 Å². The first-order valence-corrected chi connectivity index (χ1v) is 16.1. The summed E-state index contributed by atoms with van der Waals surface area (Å²) in [6.45, 7) is 37.8. The first-order valence-electron chi connectivity index (χ1n) is 11.9. The molecular formula is C25H56O2Si2. The predicted molar refractivity (Wildman–Crippen MR) is 137 cm³/mol. The van der Waals surface area contributed by atoms with Gasteiger partial charge in [0.25, 0.3) is 0 Å². The van der Waals surface area contributed by atoms with Crippen LogP contribution < -0.4 is 0 Å². The number of rotatable bonds is 8. The van der Waals surface area contributed by atoms with Gasteiger partial charge in [-0.1, -0.05) is 89.5 Å². The van der Waals surface area contributed by atoms with Crippen LogP contribution in [0.5, 0.6) is 0 Å². The number of hydrogen-bond donors (Lipinski definition) is 0. The Kier molecular flexibility index (Phi) is 9.58. The Morgan fingerprint density at radius 3 is 0.828 bits per heavy atom. The van der Waals surface area contributed by atoms with Crippen LogP contribution in [0.3, 0.4) is 0 Å². The standard InChI is InChI=1S/C25H56O2Si2/c1-20(2)26-28(22(5,6)7,23(8,9)10)18-17-19-29(24(11,12)13,25(14,15)16)27-21(3)4/h20-21H,17-19H2,1-16H3. The largest absolute Gasteiger partial charge is 0.413 e. The molecule has 0 aliphatic carbocycles. The molecule has 0 heterocycles. The maximum absolute atomic E-state index is 6.95. The van der Waals surface area contributed by atoms with E-state index in [1.165, 1.54) is 18.5 Å². The minimum absolute atomic E-state index is 0.197. The molecule has 0 radical (unpaired) electrons. The second-order valence-electron chi connectivity index (χ2n) is 13.8. The second-order valence-corrected chi connectivity index (χ2v) is 24.6. The topological polar surface area (TPSA) is 18.5 Å². The minimum atomic E-state index is -2.05. The van der Waals surface area contributed by atoms with Crippen molar-refractivity contribution in [3.63, 3.8) is 0 Å². The summed E-state index contributed by atoms with van der Waals surface area (Å²) in [6, 6.07) is 2.42. The van der Waals surface area contributed by atoms with Crippen LogP contribution in [0, 0.1) is 0 Å². The normalized spacial score (nSPS) is 15.5. The molecule has 2 nitrogen and oxygen atoms in total. The van der Waals surface area contributed by atoms with Crippen molar-refractivity contribution in [2.24, 2.45) is 0 Å². The maximum Gasteiger partial charge on any atom is 0.203 e. The molecule has 0 aromatic heterocycles. The quantitative estimate of drug-likeness (QED) is 0.347. The zero-order chi connectivity index (χ0) is 23.7. The highest BCUT2D eigenvalue weighted by Gasteiger charge is 2.58. The average molecular weight is 445 g/mol. The smallest absolute Gasteiger partial charge is 0.203 e. The van der Waals surface area contributed by atoms with Crippen molar-refractivity contribution in [3.05, 3.63) is 0 Å². The van der Waals surface area contributed by atoms with Crippen LogP contribution in [-0.2, 0) is 8.85 Å². The molecule has 0 aliphatic heterocycles. The van der Waals surface area contributed by atoms with Crippen LogP contribution in [0.25, 0.3) is 0 Å². The Morgan fingerprint density at radius 2 is 0.690 bits per heavy atom. The number of hydrogen-bond acceptors (Lipinski definition) is 2. The van der Waals surface area contributed by atoms with Crippen LogP contribution in [0.15, 0.2) is 0 Å². The molecule has 0 unspecified atom stereocenters. The van der Waals surface area contributed by atoms with Crippen molar-refractivity contribution in [1.82, 2.24) is 0 Å². The van der Waals surface area contributed by atoms with Gasteiger partial charge in [-0.3, -0.25) is 0 Å². The molecule has 0 aromatic carbocycles. The molecule has 0 rings (SSSR count). The van der Waals surface area contributed by atoms with E-state index in [1.807, 2.05) is 0 Å². The minimum Gasteiger partial charge on any atom is -0.413 e. The van der Waals surface area contributed by atoms with Gasteiger partial charge in [-0.15, -0.1) is 0 Å². The summed E-state index contributed by atoms with van der Waals surface area (Å²) >= 11 is 0. The third-order valence-corrected chi connectivity index (χ3v) is 20.3. The van der Waals surface area contributed by atoms with Gasteiger partial charge < -0.3 is 8.85 Å². The lowest BCUT2D eigenvalue weighted by atomic mass is 10.2. The molecule has 0 atom stereocenters. The van der Waals surface area contributed by atoms with Crippen molar-refractivity contribution in [1.29, 1.82) is 0 Å². The lowest BCUT2D eigenvalue weighted by Crippen LogP contribution is -2.58. The van der Waals surface area contributed by atoms with Gasteiger partial charge in [-0.05, 0) is 59.9 Å². The van der Waals surface area contributed by atoms with Gasteiger partial charge >= 0.3 is 0 Å². The highest BCUT2D eigenvalue weighted by Crippen LogP contribution is 2.58. The van der Waals surface area contributed by atoms with Gasteiger partial charge in [-0.2, -0.15) is 0 Å².